The Morgan fingerprint density at radius 1 is 1.75 bits per heavy atom. The van der Waals surface area contributed by atoms with Crippen molar-refractivity contribution in [3.63, 3.8) is 0 Å². The van der Waals surface area contributed by atoms with E-state index in [9.17, 15) is 9.59 Å². The lowest BCUT2D eigenvalue weighted by atomic mass is 10.2. The van der Waals surface area contributed by atoms with E-state index in [-0.39, 0.29) is 17.1 Å². The van der Waals surface area contributed by atoms with Crippen molar-refractivity contribution in [2.24, 2.45) is 5.73 Å². The summed E-state index contributed by atoms with van der Waals surface area (Å²) >= 11 is 0. The van der Waals surface area contributed by atoms with Gasteiger partial charge in [-0.15, -0.1) is 0 Å². The van der Waals surface area contributed by atoms with E-state index in [0.717, 1.165) is 0 Å². The third-order valence-corrected chi connectivity index (χ3v) is 1.30. The molecule has 0 aliphatic carbocycles. The fourth-order valence-electron chi connectivity index (χ4n) is 0.817. The van der Waals surface area contributed by atoms with Crippen molar-refractivity contribution in [2.75, 3.05) is 5.32 Å². The van der Waals surface area contributed by atoms with Gasteiger partial charge in [0.05, 0.1) is 0 Å². The third-order valence-electron chi connectivity index (χ3n) is 1.30. The van der Waals surface area contributed by atoms with Crippen molar-refractivity contribution in [1.29, 1.82) is 0 Å². The maximum Gasteiger partial charge on any atom is 0.256 e. The van der Waals surface area contributed by atoms with Crippen LogP contribution in [-0.2, 0) is 4.79 Å². The highest BCUT2D eigenvalue weighted by molar-refractivity contribution is 5.99. The Morgan fingerprint density at radius 3 is 2.92 bits per heavy atom. The molecule has 1 aromatic rings. The molecule has 12 heavy (non-hydrogen) atoms. The zero-order valence-corrected chi connectivity index (χ0v) is 6.33. The lowest BCUT2D eigenvalue weighted by Crippen LogP contribution is -2.13. The van der Waals surface area contributed by atoms with Crippen molar-refractivity contribution in [2.45, 2.75) is 6.92 Å². The Hall–Kier alpha value is -1.85. The zero-order chi connectivity index (χ0) is 9.14. The highest BCUT2D eigenvalue weighted by atomic mass is 16.5. The number of aromatic nitrogens is 1. The molecule has 6 heteroatoms. The number of nitrogens with one attached hydrogen (secondary N) is 1. The number of anilines is 1. The molecule has 0 saturated heterocycles. The molecule has 0 aliphatic heterocycles. The number of amides is 2. The molecule has 0 fully saturated rings. The summed E-state index contributed by atoms with van der Waals surface area (Å²) in [6, 6.07) is 0. The number of carbonyl (C=O) groups excluding carboxylic acids is 2. The van der Waals surface area contributed by atoms with Crippen LogP contribution < -0.4 is 11.1 Å². The molecule has 0 radical (unpaired) electrons. The summed E-state index contributed by atoms with van der Waals surface area (Å²) in [4.78, 5) is 20.8. The summed E-state index contributed by atoms with van der Waals surface area (Å²) in [7, 11) is 0. The molecule has 0 atom stereocenters. The molecule has 0 unspecified atom stereocenters. The van der Waals surface area contributed by atoms with E-state index in [0.29, 0.717) is 6.41 Å². The number of primary amides is 1. The number of nitrogens with zero attached hydrogens (tertiary/aromatic N) is 1. The molecule has 0 spiro atoms. The van der Waals surface area contributed by atoms with Gasteiger partial charge in [-0.05, 0) is 6.92 Å². The van der Waals surface area contributed by atoms with Crippen LogP contribution in [-0.4, -0.2) is 17.5 Å². The molecular weight excluding hydrogens is 162 g/mol. The van der Waals surface area contributed by atoms with Gasteiger partial charge in [-0.25, -0.2) is 0 Å². The summed E-state index contributed by atoms with van der Waals surface area (Å²) in [5.74, 6) is -0.347. The molecule has 1 aromatic heterocycles. The predicted molar refractivity (Wildman–Crippen MR) is 39.4 cm³/mol. The van der Waals surface area contributed by atoms with Crippen LogP contribution in [0.2, 0.25) is 0 Å². The van der Waals surface area contributed by atoms with Crippen molar-refractivity contribution < 1.29 is 14.1 Å². The minimum atomic E-state index is -0.682. The first kappa shape index (κ1) is 8.25. The number of rotatable bonds is 3. The number of aryl methyl sites for hydroxylation is 1. The van der Waals surface area contributed by atoms with Crippen LogP contribution in [0.4, 0.5) is 5.82 Å². The molecule has 1 heterocycles. The van der Waals surface area contributed by atoms with Crippen LogP contribution >= 0.6 is 0 Å². The third kappa shape index (κ3) is 1.26. The highest BCUT2D eigenvalue weighted by Crippen LogP contribution is 2.16. The van der Waals surface area contributed by atoms with E-state index in [4.69, 9.17) is 5.73 Å². The zero-order valence-electron chi connectivity index (χ0n) is 6.33. The Balaban J connectivity index is 3.11. The van der Waals surface area contributed by atoms with E-state index in [1.165, 1.54) is 6.92 Å². The first-order valence-corrected chi connectivity index (χ1v) is 3.13. The Kier molecular flexibility index (Phi) is 2.09. The molecular formula is C6H7N3O3. The molecule has 6 nitrogen and oxygen atoms in total. The Morgan fingerprint density at radius 2 is 2.42 bits per heavy atom. The van der Waals surface area contributed by atoms with Gasteiger partial charge >= 0.3 is 0 Å². The lowest BCUT2D eigenvalue weighted by Gasteiger charge is -1.93. The summed E-state index contributed by atoms with van der Waals surface area (Å²) in [5.41, 5.74) is 5.09. The van der Waals surface area contributed by atoms with Crippen LogP contribution in [0.25, 0.3) is 0 Å². The monoisotopic (exact) mass is 169 g/mol. The maximum atomic E-state index is 10.7. The predicted octanol–water partition coefficient (Wildman–Crippen LogP) is -0.350. The topological polar surface area (TPSA) is 98.2 Å². The normalized spacial score (nSPS) is 9.42. The number of nitrogens with two attached hydrogens (primary N) is 1. The van der Waals surface area contributed by atoms with Gasteiger partial charge in [0.2, 0.25) is 6.41 Å². The van der Waals surface area contributed by atoms with Gasteiger partial charge in [0.25, 0.3) is 5.91 Å². The number of hydrogen-bond acceptors (Lipinski definition) is 4. The highest BCUT2D eigenvalue weighted by Gasteiger charge is 2.16. The molecule has 2 amide bonds. The molecule has 64 valence electrons. The second-order valence-corrected chi connectivity index (χ2v) is 2.09. The average Bonchev–Trinajstić information content (AvgIpc) is 2.32. The van der Waals surface area contributed by atoms with Gasteiger partial charge in [-0.2, -0.15) is 0 Å². The number of carbonyl (C=O) groups is 2. The van der Waals surface area contributed by atoms with Crippen LogP contribution in [0.3, 0.4) is 0 Å². The average molecular weight is 169 g/mol. The van der Waals surface area contributed by atoms with Crippen LogP contribution in [0, 0.1) is 6.92 Å². The summed E-state index contributed by atoms with van der Waals surface area (Å²) in [6.45, 7) is 1.53. The van der Waals surface area contributed by atoms with Gasteiger partial charge in [-0.1, -0.05) is 5.16 Å². The van der Waals surface area contributed by atoms with Gasteiger partial charge < -0.3 is 15.6 Å². The fraction of sp³-hybridized carbons (Fsp3) is 0.167. The summed E-state index contributed by atoms with van der Waals surface area (Å²) in [5, 5.41) is 5.60. The molecule has 0 saturated carbocycles. The van der Waals surface area contributed by atoms with E-state index in [1.807, 2.05) is 0 Å². The maximum absolute atomic E-state index is 10.7. The summed E-state index contributed by atoms with van der Waals surface area (Å²) < 4.78 is 4.64. The molecule has 0 bridgehead atoms. The van der Waals surface area contributed by atoms with Gasteiger partial charge in [0.1, 0.15) is 11.3 Å². The van der Waals surface area contributed by atoms with E-state index < -0.39 is 5.91 Å². The molecule has 0 aromatic carbocycles. The summed E-state index contributed by atoms with van der Waals surface area (Å²) in [6.07, 6.45) is 0.393. The second-order valence-electron chi connectivity index (χ2n) is 2.09. The van der Waals surface area contributed by atoms with E-state index in [2.05, 4.69) is 15.0 Å². The SMILES string of the molecule is Cc1onc(NC=O)c1C(N)=O. The van der Waals surface area contributed by atoms with E-state index >= 15 is 0 Å². The largest absolute Gasteiger partial charge is 0.365 e. The van der Waals surface area contributed by atoms with Gasteiger partial charge in [-0.3, -0.25) is 9.59 Å². The van der Waals surface area contributed by atoms with E-state index in [1.54, 1.807) is 0 Å². The first-order chi connectivity index (χ1) is 5.66. The van der Waals surface area contributed by atoms with Gasteiger partial charge in [0, 0.05) is 0 Å². The lowest BCUT2D eigenvalue weighted by molar-refractivity contribution is -0.105. The van der Waals surface area contributed by atoms with Crippen molar-refractivity contribution in [3.05, 3.63) is 11.3 Å². The number of hydrogen-bond donors (Lipinski definition) is 2. The second kappa shape index (κ2) is 3.04. The quantitative estimate of drug-likeness (QED) is 0.604. The minimum Gasteiger partial charge on any atom is -0.365 e. The molecule has 3 N–H and O–H groups in total. The van der Waals surface area contributed by atoms with Crippen LogP contribution in [0.5, 0.6) is 0 Å². The fourth-order valence-corrected chi connectivity index (χ4v) is 0.817. The standard InChI is InChI=1S/C6H7N3O3/c1-3-4(5(7)11)6(8-2-10)9-12-3/h2H,1H3,(H2,7,11)(H,8,9,10). The van der Waals surface area contributed by atoms with Crippen LogP contribution in [0.1, 0.15) is 16.1 Å². The van der Waals surface area contributed by atoms with Crippen molar-refractivity contribution >= 4 is 18.1 Å². The van der Waals surface area contributed by atoms with Crippen LogP contribution in [0.15, 0.2) is 4.52 Å². The smallest absolute Gasteiger partial charge is 0.256 e. The molecule has 1 rings (SSSR count). The molecule has 0 aliphatic rings. The van der Waals surface area contributed by atoms with Crippen molar-refractivity contribution in [3.8, 4) is 0 Å². The first-order valence-electron chi connectivity index (χ1n) is 3.13. The minimum absolute atomic E-state index is 0.0509. The Labute approximate surface area is 67.7 Å². The van der Waals surface area contributed by atoms with Gasteiger partial charge in [0.15, 0.2) is 5.82 Å². The Bertz CT molecular complexity index is 318. The van der Waals surface area contributed by atoms with Crippen molar-refractivity contribution in [1.82, 2.24) is 5.16 Å².